The molecule has 152 valence electrons. The number of benzene rings is 2. The van der Waals surface area contributed by atoms with Gasteiger partial charge >= 0.3 is 0 Å². The van der Waals surface area contributed by atoms with Gasteiger partial charge in [-0.05, 0) is 44.5 Å². The standard InChI is InChI=1S/C24H22FN3OS/c1-24(2,3)28-22(29)15-30-23-20(14-26)19(16-9-11-18(25)12-10-16)13-21(27-23)17-7-5-4-6-8-17/h4-13H,15H2,1-3H3,(H,28,29). The normalized spacial score (nSPS) is 11.0. The first-order chi connectivity index (χ1) is 14.3. The number of pyridine rings is 1. The van der Waals surface area contributed by atoms with Crippen LogP contribution in [0.15, 0.2) is 65.7 Å². The van der Waals surface area contributed by atoms with Crippen molar-refractivity contribution in [1.82, 2.24) is 10.3 Å². The summed E-state index contributed by atoms with van der Waals surface area (Å²) in [4.78, 5) is 17.0. The minimum absolute atomic E-state index is 0.133. The SMILES string of the molecule is CC(C)(C)NC(=O)CSc1nc(-c2ccccc2)cc(-c2ccc(F)cc2)c1C#N. The molecule has 0 saturated carbocycles. The first-order valence-corrected chi connectivity index (χ1v) is 10.5. The van der Waals surface area contributed by atoms with Gasteiger partial charge in [0.05, 0.1) is 17.0 Å². The Morgan fingerprint density at radius 1 is 1.10 bits per heavy atom. The van der Waals surface area contributed by atoms with Crippen LogP contribution in [-0.2, 0) is 4.79 Å². The van der Waals surface area contributed by atoms with Gasteiger partial charge in [-0.2, -0.15) is 5.26 Å². The zero-order valence-corrected chi connectivity index (χ0v) is 17.9. The van der Waals surface area contributed by atoms with Gasteiger partial charge in [-0.1, -0.05) is 54.2 Å². The Balaban J connectivity index is 2.06. The molecule has 3 rings (SSSR count). The van der Waals surface area contributed by atoms with E-state index in [1.165, 1.54) is 23.9 Å². The third-order valence-electron chi connectivity index (χ3n) is 4.18. The lowest BCUT2D eigenvalue weighted by Crippen LogP contribution is -2.41. The second-order valence-electron chi connectivity index (χ2n) is 7.81. The highest BCUT2D eigenvalue weighted by Crippen LogP contribution is 2.34. The number of rotatable bonds is 5. The fraction of sp³-hybridized carbons (Fsp3) is 0.208. The number of amides is 1. The Bertz CT molecular complexity index is 1080. The van der Waals surface area contributed by atoms with E-state index in [0.29, 0.717) is 27.4 Å². The Hall–Kier alpha value is -3.17. The van der Waals surface area contributed by atoms with E-state index in [2.05, 4.69) is 16.4 Å². The van der Waals surface area contributed by atoms with Crippen LogP contribution in [0.25, 0.3) is 22.4 Å². The number of thioether (sulfide) groups is 1. The van der Waals surface area contributed by atoms with Crippen LogP contribution in [0.1, 0.15) is 26.3 Å². The molecular weight excluding hydrogens is 397 g/mol. The maximum absolute atomic E-state index is 13.4. The Morgan fingerprint density at radius 2 is 1.77 bits per heavy atom. The third kappa shape index (κ3) is 5.46. The van der Waals surface area contributed by atoms with Crippen molar-refractivity contribution in [2.45, 2.75) is 31.3 Å². The Labute approximate surface area is 180 Å². The smallest absolute Gasteiger partial charge is 0.230 e. The average molecular weight is 420 g/mol. The zero-order valence-electron chi connectivity index (χ0n) is 17.1. The topological polar surface area (TPSA) is 65.8 Å². The largest absolute Gasteiger partial charge is 0.351 e. The van der Waals surface area contributed by atoms with E-state index in [1.54, 1.807) is 12.1 Å². The lowest BCUT2D eigenvalue weighted by atomic mass is 9.99. The van der Waals surface area contributed by atoms with Crippen LogP contribution in [0.3, 0.4) is 0 Å². The molecule has 1 N–H and O–H groups in total. The summed E-state index contributed by atoms with van der Waals surface area (Å²) >= 11 is 1.22. The fourth-order valence-electron chi connectivity index (χ4n) is 2.94. The highest BCUT2D eigenvalue weighted by molar-refractivity contribution is 8.00. The fourth-order valence-corrected chi connectivity index (χ4v) is 3.74. The molecule has 0 fully saturated rings. The molecule has 1 amide bonds. The van der Waals surface area contributed by atoms with E-state index in [0.717, 1.165) is 5.56 Å². The lowest BCUT2D eigenvalue weighted by molar-refractivity contribution is -0.119. The molecule has 0 aliphatic carbocycles. The summed E-state index contributed by atoms with van der Waals surface area (Å²) < 4.78 is 13.4. The van der Waals surface area contributed by atoms with Gasteiger partial charge in [0.15, 0.2) is 0 Å². The van der Waals surface area contributed by atoms with Crippen LogP contribution < -0.4 is 5.32 Å². The predicted octanol–water partition coefficient (Wildman–Crippen LogP) is 5.43. The summed E-state index contributed by atoms with van der Waals surface area (Å²) in [5.74, 6) is -0.338. The molecule has 0 atom stereocenters. The van der Waals surface area contributed by atoms with Crippen molar-refractivity contribution < 1.29 is 9.18 Å². The molecule has 0 radical (unpaired) electrons. The predicted molar refractivity (Wildman–Crippen MR) is 118 cm³/mol. The van der Waals surface area contributed by atoms with E-state index in [-0.39, 0.29) is 23.0 Å². The molecule has 2 aromatic carbocycles. The molecule has 0 aliphatic rings. The van der Waals surface area contributed by atoms with Crippen molar-refractivity contribution in [3.63, 3.8) is 0 Å². The first-order valence-electron chi connectivity index (χ1n) is 9.47. The summed E-state index contributed by atoms with van der Waals surface area (Å²) in [7, 11) is 0. The first kappa shape index (κ1) is 21.5. The average Bonchev–Trinajstić information content (AvgIpc) is 2.71. The number of aromatic nitrogens is 1. The van der Waals surface area contributed by atoms with Gasteiger partial charge in [0.25, 0.3) is 0 Å². The van der Waals surface area contributed by atoms with Gasteiger partial charge in [0.1, 0.15) is 16.9 Å². The molecule has 30 heavy (non-hydrogen) atoms. The number of carbonyl (C=O) groups is 1. The van der Waals surface area contributed by atoms with E-state index in [1.807, 2.05) is 57.2 Å². The number of hydrogen-bond acceptors (Lipinski definition) is 4. The monoisotopic (exact) mass is 419 g/mol. The molecule has 0 saturated heterocycles. The van der Waals surface area contributed by atoms with Gasteiger partial charge in [0.2, 0.25) is 5.91 Å². The Kier molecular flexibility index (Phi) is 6.53. The second-order valence-corrected chi connectivity index (χ2v) is 8.77. The molecule has 0 spiro atoms. The second kappa shape index (κ2) is 9.10. The summed E-state index contributed by atoms with van der Waals surface area (Å²) in [6.07, 6.45) is 0. The van der Waals surface area contributed by atoms with Crippen LogP contribution in [0, 0.1) is 17.1 Å². The van der Waals surface area contributed by atoms with Crippen LogP contribution in [0.2, 0.25) is 0 Å². The van der Waals surface area contributed by atoms with Gasteiger partial charge in [0, 0.05) is 16.7 Å². The van der Waals surface area contributed by atoms with Gasteiger partial charge in [-0.25, -0.2) is 9.37 Å². The molecule has 4 nitrogen and oxygen atoms in total. The molecular formula is C24H22FN3OS. The molecule has 1 heterocycles. The number of hydrogen-bond donors (Lipinski definition) is 1. The molecule has 6 heteroatoms. The summed E-state index contributed by atoms with van der Waals surface area (Å²) in [6, 6.07) is 19.7. The number of halogens is 1. The highest BCUT2D eigenvalue weighted by Gasteiger charge is 2.19. The molecule has 0 aliphatic heterocycles. The van der Waals surface area contributed by atoms with Crippen molar-refractivity contribution in [2.24, 2.45) is 0 Å². The molecule has 0 unspecified atom stereocenters. The van der Waals surface area contributed by atoms with Crippen molar-refractivity contribution in [2.75, 3.05) is 5.75 Å². The summed E-state index contributed by atoms with van der Waals surface area (Å²) in [5.41, 5.74) is 2.99. The minimum atomic E-state index is -0.344. The lowest BCUT2D eigenvalue weighted by Gasteiger charge is -2.20. The van der Waals surface area contributed by atoms with E-state index < -0.39 is 0 Å². The van der Waals surface area contributed by atoms with Crippen molar-refractivity contribution >= 4 is 17.7 Å². The van der Waals surface area contributed by atoms with Gasteiger partial charge in [-0.15, -0.1) is 0 Å². The van der Waals surface area contributed by atoms with Crippen LogP contribution in [0.4, 0.5) is 4.39 Å². The molecule has 0 bridgehead atoms. The van der Waals surface area contributed by atoms with Crippen LogP contribution in [-0.4, -0.2) is 22.2 Å². The van der Waals surface area contributed by atoms with Gasteiger partial charge in [-0.3, -0.25) is 4.79 Å². The molecule has 1 aromatic heterocycles. The zero-order chi connectivity index (χ0) is 21.7. The van der Waals surface area contributed by atoms with E-state index >= 15 is 0 Å². The van der Waals surface area contributed by atoms with Gasteiger partial charge < -0.3 is 5.32 Å². The van der Waals surface area contributed by atoms with Crippen molar-refractivity contribution in [3.8, 4) is 28.5 Å². The summed E-state index contributed by atoms with van der Waals surface area (Å²) in [5, 5.41) is 13.2. The number of nitriles is 1. The van der Waals surface area contributed by atoms with E-state index in [4.69, 9.17) is 0 Å². The van der Waals surface area contributed by atoms with Crippen LogP contribution >= 0.6 is 11.8 Å². The quantitative estimate of drug-likeness (QED) is 0.560. The number of nitrogens with zero attached hydrogens (tertiary/aromatic N) is 2. The minimum Gasteiger partial charge on any atom is -0.351 e. The Morgan fingerprint density at radius 3 is 2.37 bits per heavy atom. The maximum atomic E-state index is 13.4. The highest BCUT2D eigenvalue weighted by atomic mass is 32.2. The third-order valence-corrected chi connectivity index (χ3v) is 5.15. The molecule has 3 aromatic rings. The van der Waals surface area contributed by atoms with Crippen molar-refractivity contribution in [3.05, 3.63) is 72.0 Å². The maximum Gasteiger partial charge on any atom is 0.230 e. The number of nitrogens with one attached hydrogen (secondary N) is 1. The number of carbonyl (C=O) groups excluding carboxylic acids is 1. The van der Waals surface area contributed by atoms with Crippen molar-refractivity contribution in [1.29, 1.82) is 5.26 Å². The summed E-state index contributed by atoms with van der Waals surface area (Å²) in [6.45, 7) is 5.74. The van der Waals surface area contributed by atoms with E-state index in [9.17, 15) is 14.4 Å². The van der Waals surface area contributed by atoms with Crippen LogP contribution in [0.5, 0.6) is 0 Å².